The number of rotatable bonds is 6. The summed E-state index contributed by atoms with van der Waals surface area (Å²) in [5, 5.41) is 0. The lowest BCUT2D eigenvalue weighted by Gasteiger charge is -2.22. The summed E-state index contributed by atoms with van der Waals surface area (Å²) in [7, 11) is 1.52. The van der Waals surface area contributed by atoms with Gasteiger partial charge in [-0.25, -0.2) is 0 Å². The Labute approximate surface area is 131 Å². The van der Waals surface area contributed by atoms with E-state index in [0.717, 1.165) is 22.8 Å². The van der Waals surface area contributed by atoms with Crippen LogP contribution in [-0.4, -0.2) is 34.5 Å². The molecule has 0 bridgehead atoms. The molecule has 5 nitrogen and oxygen atoms in total. The molecule has 0 saturated heterocycles. The Bertz CT molecular complexity index is 596. The van der Waals surface area contributed by atoms with E-state index in [9.17, 15) is 4.79 Å². The summed E-state index contributed by atoms with van der Waals surface area (Å²) < 4.78 is 4.98. The molecule has 2 heterocycles. The van der Waals surface area contributed by atoms with Crippen molar-refractivity contribution in [3.8, 4) is 0 Å². The predicted molar refractivity (Wildman–Crippen MR) is 84.1 cm³/mol. The molecular weight excluding hydrogens is 278 g/mol. The topological polar surface area (TPSA) is 55.3 Å². The molecule has 0 N–H and O–H groups in total. The number of nitrogens with zero attached hydrogens (tertiary/aromatic N) is 3. The maximum Gasteiger partial charge on any atom is 0.249 e. The van der Waals surface area contributed by atoms with Crippen LogP contribution in [-0.2, 0) is 22.6 Å². The largest absolute Gasteiger partial charge is 0.375 e. The molecule has 2 aromatic heterocycles. The molecule has 116 valence electrons. The zero-order valence-corrected chi connectivity index (χ0v) is 13.2. The van der Waals surface area contributed by atoms with Crippen molar-refractivity contribution in [2.45, 2.75) is 26.9 Å². The highest BCUT2D eigenvalue weighted by Gasteiger charge is 2.15. The van der Waals surface area contributed by atoms with Gasteiger partial charge in [-0.1, -0.05) is 12.1 Å². The molecule has 0 unspecified atom stereocenters. The van der Waals surface area contributed by atoms with Crippen LogP contribution in [0.4, 0.5) is 0 Å². The van der Waals surface area contributed by atoms with Crippen LogP contribution in [0.1, 0.15) is 22.8 Å². The number of pyridine rings is 2. The molecule has 5 heteroatoms. The highest BCUT2D eigenvalue weighted by atomic mass is 16.5. The van der Waals surface area contributed by atoms with Gasteiger partial charge in [-0.2, -0.15) is 0 Å². The quantitative estimate of drug-likeness (QED) is 0.821. The van der Waals surface area contributed by atoms with Crippen LogP contribution in [0.5, 0.6) is 0 Å². The fourth-order valence-electron chi connectivity index (χ4n) is 2.21. The van der Waals surface area contributed by atoms with E-state index in [2.05, 4.69) is 9.97 Å². The van der Waals surface area contributed by atoms with Crippen molar-refractivity contribution in [1.29, 1.82) is 0 Å². The van der Waals surface area contributed by atoms with Gasteiger partial charge in [-0.3, -0.25) is 14.8 Å². The Morgan fingerprint density at radius 3 is 1.91 bits per heavy atom. The first kappa shape index (κ1) is 16.1. The average molecular weight is 299 g/mol. The van der Waals surface area contributed by atoms with Crippen LogP contribution in [0.2, 0.25) is 0 Å². The third-order valence-electron chi connectivity index (χ3n) is 3.22. The van der Waals surface area contributed by atoms with Crippen molar-refractivity contribution < 1.29 is 9.53 Å². The predicted octanol–water partition coefficient (Wildman–Crippen LogP) is 2.27. The standard InChI is InChI=1S/C17H21N3O2/c1-13-6-4-8-15(18-13)10-20(17(21)12-22-3)11-16-9-5-7-14(2)19-16/h4-9H,10-12H2,1-3H3. The fourth-order valence-corrected chi connectivity index (χ4v) is 2.21. The van der Waals surface area contributed by atoms with Crippen LogP contribution in [0.15, 0.2) is 36.4 Å². The van der Waals surface area contributed by atoms with E-state index in [1.807, 2.05) is 50.2 Å². The summed E-state index contributed by atoms with van der Waals surface area (Å²) >= 11 is 0. The van der Waals surface area contributed by atoms with Crippen molar-refractivity contribution >= 4 is 5.91 Å². The van der Waals surface area contributed by atoms with Gasteiger partial charge in [0.15, 0.2) is 0 Å². The Morgan fingerprint density at radius 2 is 1.50 bits per heavy atom. The summed E-state index contributed by atoms with van der Waals surface area (Å²) in [6.45, 7) is 4.82. The van der Waals surface area contributed by atoms with Crippen LogP contribution >= 0.6 is 0 Å². The van der Waals surface area contributed by atoms with Gasteiger partial charge in [0.1, 0.15) is 6.61 Å². The molecular formula is C17H21N3O2. The summed E-state index contributed by atoms with van der Waals surface area (Å²) in [5.74, 6) is -0.0749. The monoisotopic (exact) mass is 299 g/mol. The number of methoxy groups -OCH3 is 1. The molecule has 0 atom stereocenters. The Hall–Kier alpha value is -2.27. The second kappa shape index (κ2) is 7.66. The van der Waals surface area contributed by atoms with E-state index in [0.29, 0.717) is 13.1 Å². The number of hydrogen-bond donors (Lipinski definition) is 0. The summed E-state index contributed by atoms with van der Waals surface area (Å²) in [4.78, 5) is 22.9. The van der Waals surface area contributed by atoms with Gasteiger partial charge in [0, 0.05) is 18.5 Å². The van der Waals surface area contributed by atoms with Gasteiger partial charge in [-0.15, -0.1) is 0 Å². The first-order valence-corrected chi connectivity index (χ1v) is 7.20. The molecule has 2 rings (SSSR count). The lowest BCUT2D eigenvalue weighted by molar-refractivity contribution is -0.136. The summed E-state index contributed by atoms with van der Waals surface area (Å²) in [6, 6.07) is 11.6. The number of ether oxygens (including phenoxy) is 1. The minimum Gasteiger partial charge on any atom is -0.375 e. The smallest absolute Gasteiger partial charge is 0.249 e. The zero-order chi connectivity index (χ0) is 15.9. The fraction of sp³-hybridized carbons (Fsp3) is 0.353. The second-order valence-electron chi connectivity index (χ2n) is 5.22. The van der Waals surface area contributed by atoms with Crippen molar-refractivity contribution in [2.24, 2.45) is 0 Å². The SMILES string of the molecule is COCC(=O)N(Cc1cccc(C)n1)Cc1cccc(C)n1. The summed E-state index contributed by atoms with van der Waals surface area (Å²) in [5.41, 5.74) is 3.59. The Balaban J connectivity index is 2.17. The van der Waals surface area contributed by atoms with Gasteiger partial charge in [-0.05, 0) is 38.1 Å². The van der Waals surface area contributed by atoms with E-state index in [1.54, 1.807) is 4.90 Å². The lowest BCUT2D eigenvalue weighted by atomic mass is 10.2. The molecule has 1 amide bonds. The van der Waals surface area contributed by atoms with E-state index in [-0.39, 0.29) is 12.5 Å². The van der Waals surface area contributed by atoms with Crippen LogP contribution in [0.3, 0.4) is 0 Å². The van der Waals surface area contributed by atoms with Crippen LogP contribution < -0.4 is 0 Å². The minimum absolute atomic E-state index is 0.0532. The van der Waals surface area contributed by atoms with E-state index in [4.69, 9.17) is 4.74 Å². The highest BCUT2D eigenvalue weighted by molar-refractivity contribution is 5.77. The first-order chi connectivity index (χ1) is 10.6. The number of carbonyl (C=O) groups is 1. The molecule has 0 fully saturated rings. The normalized spacial score (nSPS) is 10.5. The molecule has 0 aliphatic carbocycles. The second-order valence-corrected chi connectivity index (χ2v) is 5.22. The molecule has 0 radical (unpaired) electrons. The molecule has 0 saturated carbocycles. The van der Waals surface area contributed by atoms with Gasteiger partial charge in [0.2, 0.25) is 5.91 Å². The number of hydrogen-bond acceptors (Lipinski definition) is 4. The number of carbonyl (C=O) groups excluding carboxylic acids is 1. The van der Waals surface area contributed by atoms with Gasteiger partial charge < -0.3 is 9.64 Å². The van der Waals surface area contributed by atoms with E-state index < -0.39 is 0 Å². The van der Waals surface area contributed by atoms with E-state index >= 15 is 0 Å². The van der Waals surface area contributed by atoms with Gasteiger partial charge >= 0.3 is 0 Å². The van der Waals surface area contributed by atoms with Gasteiger partial charge in [0.05, 0.1) is 24.5 Å². The molecule has 0 spiro atoms. The maximum absolute atomic E-state index is 12.3. The lowest BCUT2D eigenvalue weighted by Crippen LogP contribution is -2.33. The zero-order valence-electron chi connectivity index (χ0n) is 13.2. The van der Waals surface area contributed by atoms with Crippen molar-refractivity contribution in [3.05, 3.63) is 59.2 Å². The third kappa shape index (κ3) is 4.63. The average Bonchev–Trinajstić information content (AvgIpc) is 2.47. The Morgan fingerprint density at radius 1 is 1.00 bits per heavy atom. The van der Waals surface area contributed by atoms with Crippen LogP contribution in [0, 0.1) is 13.8 Å². The molecule has 0 aromatic carbocycles. The van der Waals surface area contributed by atoms with Gasteiger partial charge in [0.25, 0.3) is 0 Å². The molecule has 0 aliphatic rings. The number of aromatic nitrogens is 2. The molecule has 22 heavy (non-hydrogen) atoms. The number of amides is 1. The third-order valence-corrected chi connectivity index (χ3v) is 3.22. The molecule has 2 aromatic rings. The maximum atomic E-state index is 12.3. The van der Waals surface area contributed by atoms with Crippen molar-refractivity contribution in [2.75, 3.05) is 13.7 Å². The molecule has 0 aliphatic heterocycles. The van der Waals surface area contributed by atoms with Crippen LogP contribution in [0.25, 0.3) is 0 Å². The Kier molecular flexibility index (Phi) is 5.61. The highest BCUT2D eigenvalue weighted by Crippen LogP contribution is 2.09. The van der Waals surface area contributed by atoms with Crippen molar-refractivity contribution in [3.63, 3.8) is 0 Å². The van der Waals surface area contributed by atoms with Crippen molar-refractivity contribution in [1.82, 2.24) is 14.9 Å². The van der Waals surface area contributed by atoms with E-state index in [1.165, 1.54) is 7.11 Å². The first-order valence-electron chi connectivity index (χ1n) is 7.20. The number of aryl methyl sites for hydroxylation is 2. The summed E-state index contributed by atoms with van der Waals surface area (Å²) in [6.07, 6.45) is 0. The minimum atomic E-state index is -0.0749.